The highest BCUT2D eigenvalue weighted by Crippen LogP contribution is 2.31. The number of fused-ring (bicyclic) bond motifs is 1. The lowest BCUT2D eigenvalue weighted by atomic mass is 10.0. The molecule has 9 heteroatoms. The summed E-state index contributed by atoms with van der Waals surface area (Å²) in [6, 6.07) is 10.6. The van der Waals surface area contributed by atoms with Crippen LogP contribution in [0, 0.1) is 5.92 Å². The van der Waals surface area contributed by atoms with Gasteiger partial charge in [-0.2, -0.15) is 0 Å². The van der Waals surface area contributed by atoms with Crippen LogP contribution in [0.1, 0.15) is 54.5 Å². The molecule has 1 aromatic carbocycles. The molecule has 0 saturated heterocycles. The number of amides is 1. The van der Waals surface area contributed by atoms with Gasteiger partial charge in [0.1, 0.15) is 11.5 Å². The van der Waals surface area contributed by atoms with Crippen molar-refractivity contribution in [3.63, 3.8) is 0 Å². The number of pyridine rings is 1. The fourth-order valence-electron chi connectivity index (χ4n) is 4.23. The minimum Gasteiger partial charge on any atom is -0.504 e. The number of nitrogens with one attached hydrogen (secondary N) is 1. The van der Waals surface area contributed by atoms with Crippen molar-refractivity contribution in [2.75, 3.05) is 19.7 Å². The Labute approximate surface area is 199 Å². The van der Waals surface area contributed by atoms with Crippen molar-refractivity contribution < 1.29 is 14.6 Å². The molecule has 1 atom stereocenters. The van der Waals surface area contributed by atoms with E-state index in [-0.39, 0.29) is 23.6 Å². The van der Waals surface area contributed by atoms with Gasteiger partial charge < -0.3 is 19.7 Å². The molecule has 0 bridgehead atoms. The summed E-state index contributed by atoms with van der Waals surface area (Å²) in [6.07, 6.45) is 2.34. The van der Waals surface area contributed by atoms with E-state index in [1.807, 2.05) is 19.1 Å². The fourth-order valence-corrected chi connectivity index (χ4v) is 4.23. The van der Waals surface area contributed by atoms with Crippen LogP contribution in [0.15, 0.2) is 42.6 Å². The zero-order valence-corrected chi connectivity index (χ0v) is 19.9. The maximum Gasteiger partial charge on any atom is 0.270 e. The summed E-state index contributed by atoms with van der Waals surface area (Å²) in [6.45, 7) is 9.40. The van der Waals surface area contributed by atoms with Gasteiger partial charge in [-0.05, 0) is 31.0 Å². The SMILES string of the molecule is CCOc1cccc(CN2CCc3nnc(C(NC(=O)c4ccccn4)C(C)C)n3CC2)c1O. The molecule has 4 rings (SSSR count). The largest absolute Gasteiger partial charge is 0.504 e. The van der Waals surface area contributed by atoms with Crippen LogP contribution in [0.5, 0.6) is 11.5 Å². The fraction of sp³-hybridized carbons (Fsp3) is 0.440. The molecule has 1 aliphatic rings. The van der Waals surface area contributed by atoms with E-state index in [4.69, 9.17) is 4.74 Å². The molecule has 1 aliphatic heterocycles. The number of ether oxygens (including phenoxy) is 1. The van der Waals surface area contributed by atoms with Crippen LogP contribution < -0.4 is 10.1 Å². The van der Waals surface area contributed by atoms with Crippen LogP contribution in [0.25, 0.3) is 0 Å². The quantitative estimate of drug-likeness (QED) is 0.528. The lowest BCUT2D eigenvalue weighted by molar-refractivity contribution is 0.0916. The third kappa shape index (κ3) is 5.20. The van der Waals surface area contributed by atoms with Crippen molar-refractivity contribution in [3.05, 3.63) is 65.5 Å². The number of carbonyl (C=O) groups is 1. The summed E-state index contributed by atoms with van der Waals surface area (Å²) in [5.74, 6) is 2.28. The molecule has 1 amide bonds. The second kappa shape index (κ2) is 10.6. The first kappa shape index (κ1) is 23.7. The van der Waals surface area contributed by atoms with Crippen LogP contribution >= 0.6 is 0 Å². The molecule has 3 aromatic rings. The standard InChI is InChI=1S/C25H32N6O3/c1-4-34-20-10-7-8-18(23(20)32)16-30-13-11-21-28-29-24(31(21)15-14-30)22(17(2)3)27-25(33)19-9-5-6-12-26-19/h5-10,12,17,22,32H,4,11,13-16H2,1-3H3,(H,27,33). The molecule has 0 fully saturated rings. The summed E-state index contributed by atoms with van der Waals surface area (Å²) >= 11 is 0. The number of benzene rings is 1. The van der Waals surface area contributed by atoms with Crippen molar-refractivity contribution in [1.82, 2.24) is 30.0 Å². The molecule has 180 valence electrons. The molecule has 34 heavy (non-hydrogen) atoms. The number of phenols is 1. The summed E-state index contributed by atoms with van der Waals surface area (Å²) in [4.78, 5) is 19.2. The van der Waals surface area contributed by atoms with E-state index in [0.29, 0.717) is 31.1 Å². The van der Waals surface area contributed by atoms with Gasteiger partial charge in [0.2, 0.25) is 0 Å². The summed E-state index contributed by atoms with van der Waals surface area (Å²) in [5.41, 5.74) is 1.22. The molecule has 0 spiro atoms. The lowest BCUT2D eigenvalue weighted by Crippen LogP contribution is -2.34. The Balaban J connectivity index is 1.48. The van der Waals surface area contributed by atoms with Crippen LogP contribution in [-0.4, -0.2) is 55.4 Å². The summed E-state index contributed by atoms with van der Waals surface area (Å²) < 4.78 is 7.65. The Morgan fingerprint density at radius 2 is 2.00 bits per heavy atom. The van der Waals surface area contributed by atoms with Gasteiger partial charge in [-0.1, -0.05) is 32.0 Å². The van der Waals surface area contributed by atoms with Crippen LogP contribution in [0.2, 0.25) is 0 Å². The molecule has 9 nitrogen and oxygen atoms in total. The normalized spacial score (nSPS) is 14.9. The highest BCUT2D eigenvalue weighted by atomic mass is 16.5. The number of carbonyl (C=O) groups excluding carboxylic acids is 1. The van der Waals surface area contributed by atoms with Gasteiger partial charge in [-0.3, -0.25) is 14.7 Å². The average molecular weight is 465 g/mol. The van der Waals surface area contributed by atoms with Gasteiger partial charge in [0.05, 0.1) is 12.6 Å². The zero-order chi connectivity index (χ0) is 24.1. The van der Waals surface area contributed by atoms with Crippen LogP contribution in [-0.2, 0) is 19.5 Å². The van der Waals surface area contributed by atoms with Crippen molar-refractivity contribution in [1.29, 1.82) is 0 Å². The highest BCUT2D eigenvalue weighted by Gasteiger charge is 2.28. The minimum absolute atomic E-state index is 0.124. The van der Waals surface area contributed by atoms with Gasteiger partial charge in [0.25, 0.3) is 5.91 Å². The minimum atomic E-state index is -0.283. The molecule has 3 heterocycles. The molecular formula is C25H32N6O3. The number of aromatic hydroxyl groups is 1. The van der Waals surface area contributed by atoms with Crippen LogP contribution in [0.3, 0.4) is 0 Å². The highest BCUT2D eigenvalue weighted by molar-refractivity contribution is 5.92. The molecule has 2 N–H and O–H groups in total. The molecule has 1 unspecified atom stereocenters. The number of phenolic OH excluding ortho intramolecular Hbond substituents is 1. The third-order valence-corrected chi connectivity index (χ3v) is 6.05. The molecule has 0 aliphatic carbocycles. The number of hydrogen-bond acceptors (Lipinski definition) is 7. The van der Waals surface area contributed by atoms with Crippen LogP contribution in [0.4, 0.5) is 0 Å². The van der Waals surface area contributed by atoms with E-state index in [9.17, 15) is 9.90 Å². The number of para-hydroxylation sites is 1. The number of hydrogen-bond donors (Lipinski definition) is 2. The second-order valence-electron chi connectivity index (χ2n) is 8.76. The summed E-state index contributed by atoms with van der Waals surface area (Å²) in [5, 5.41) is 22.6. The Morgan fingerprint density at radius 1 is 1.15 bits per heavy atom. The van der Waals surface area contributed by atoms with Crippen molar-refractivity contribution in [2.45, 2.75) is 46.3 Å². The smallest absolute Gasteiger partial charge is 0.270 e. The van der Waals surface area contributed by atoms with Gasteiger partial charge >= 0.3 is 0 Å². The predicted octanol–water partition coefficient (Wildman–Crippen LogP) is 2.96. The topological polar surface area (TPSA) is 105 Å². The Morgan fingerprint density at radius 3 is 2.74 bits per heavy atom. The monoisotopic (exact) mass is 464 g/mol. The third-order valence-electron chi connectivity index (χ3n) is 6.05. The number of rotatable bonds is 8. The van der Waals surface area contributed by atoms with Crippen molar-refractivity contribution in [2.24, 2.45) is 5.92 Å². The summed E-state index contributed by atoms with van der Waals surface area (Å²) in [7, 11) is 0. The predicted molar refractivity (Wildman–Crippen MR) is 128 cm³/mol. The van der Waals surface area contributed by atoms with Crippen molar-refractivity contribution >= 4 is 5.91 Å². The first-order chi connectivity index (χ1) is 16.5. The molecule has 2 aromatic heterocycles. The van der Waals surface area contributed by atoms with E-state index in [0.717, 1.165) is 36.7 Å². The number of aromatic nitrogens is 4. The van der Waals surface area contributed by atoms with E-state index in [1.54, 1.807) is 30.5 Å². The maximum absolute atomic E-state index is 12.8. The average Bonchev–Trinajstić information content (AvgIpc) is 3.13. The Hall–Kier alpha value is -3.46. The Bertz CT molecular complexity index is 1120. The first-order valence-electron chi connectivity index (χ1n) is 11.8. The zero-order valence-electron chi connectivity index (χ0n) is 19.9. The molecule has 0 saturated carbocycles. The van der Waals surface area contributed by atoms with E-state index >= 15 is 0 Å². The second-order valence-corrected chi connectivity index (χ2v) is 8.76. The lowest BCUT2D eigenvalue weighted by Gasteiger charge is -2.23. The van der Waals surface area contributed by atoms with E-state index in [1.165, 1.54) is 0 Å². The van der Waals surface area contributed by atoms with Gasteiger partial charge in [-0.15, -0.1) is 10.2 Å². The van der Waals surface area contributed by atoms with Gasteiger partial charge in [0, 0.05) is 44.4 Å². The first-order valence-corrected chi connectivity index (χ1v) is 11.8. The number of nitrogens with zero attached hydrogens (tertiary/aromatic N) is 5. The maximum atomic E-state index is 12.8. The van der Waals surface area contributed by atoms with Gasteiger partial charge in [-0.25, -0.2) is 0 Å². The van der Waals surface area contributed by atoms with E-state index in [2.05, 4.69) is 43.8 Å². The Kier molecular flexibility index (Phi) is 7.42. The molecular weight excluding hydrogens is 432 g/mol. The van der Waals surface area contributed by atoms with E-state index < -0.39 is 0 Å². The van der Waals surface area contributed by atoms with Gasteiger partial charge in [0.15, 0.2) is 17.3 Å². The molecule has 0 radical (unpaired) electrons. The van der Waals surface area contributed by atoms with Crippen molar-refractivity contribution in [3.8, 4) is 11.5 Å².